The molecule has 0 saturated carbocycles. The summed E-state index contributed by atoms with van der Waals surface area (Å²) in [4.78, 5) is 36.6. The molecule has 0 radical (unpaired) electrons. The monoisotopic (exact) mass is 380 g/mol. The molecular weight excluding hydrogens is 360 g/mol. The zero-order chi connectivity index (χ0) is 19.8. The summed E-state index contributed by atoms with van der Waals surface area (Å²) in [6, 6.07) is 3.43. The summed E-state index contributed by atoms with van der Waals surface area (Å²) in [5.74, 6) is -0.400. The molecule has 1 fully saturated rings. The largest absolute Gasteiger partial charge is 0.477 e. The van der Waals surface area contributed by atoms with E-state index in [0.29, 0.717) is 16.6 Å². The number of nitrogens with zero attached hydrogens (tertiary/aromatic N) is 5. The summed E-state index contributed by atoms with van der Waals surface area (Å²) in [6.45, 7) is 3.03. The molecule has 2 aromatic heterocycles. The Balaban J connectivity index is 1.66. The van der Waals surface area contributed by atoms with Gasteiger partial charge in [0.1, 0.15) is 11.4 Å². The van der Waals surface area contributed by atoms with E-state index in [-0.39, 0.29) is 5.56 Å². The van der Waals surface area contributed by atoms with Crippen LogP contribution in [-0.2, 0) is 7.05 Å². The predicted molar refractivity (Wildman–Crippen MR) is 107 cm³/mol. The van der Waals surface area contributed by atoms with E-state index in [2.05, 4.69) is 19.8 Å². The van der Waals surface area contributed by atoms with Crippen molar-refractivity contribution in [3.8, 4) is 0 Å². The molecule has 3 N–H and O–H groups in total. The van der Waals surface area contributed by atoms with E-state index < -0.39 is 11.4 Å². The number of anilines is 3. The van der Waals surface area contributed by atoms with Gasteiger partial charge in [0.15, 0.2) is 0 Å². The summed E-state index contributed by atoms with van der Waals surface area (Å²) >= 11 is 0. The second kappa shape index (κ2) is 6.84. The molecule has 28 heavy (non-hydrogen) atoms. The van der Waals surface area contributed by atoms with Gasteiger partial charge in [0, 0.05) is 57.2 Å². The molecule has 0 aliphatic carbocycles. The van der Waals surface area contributed by atoms with Crippen molar-refractivity contribution in [1.29, 1.82) is 0 Å². The van der Waals surface area contributed by atoms with Crippen LogP contribution in [0.5, 0.6) is 0 Å². The lowest BCUT2D eigenvalue weighted by Gasteiger charge is -2.37. The van der Waals surface area contributed by atoms with Gasteiger partial charge in [-0.05, 0) is 12.1 Å². The van der Waals surface area contributed by atoms with E-state index in [9.17, 15) is 14.7 Å². The van der Waals surface area contributed by atoms with E-state index in [4.69, 9.17) is 5.73 Å². The van der Waals surface area contributed by atoms with Gasteiger partial charge in [-0.2, -0.15) is 0 Å². The minimum absolute atomic E-state index is 0.264. The Hall–Kier alpha value is -3.62. The number of nitrogens with two attached hydrogens (primary N) is 1. The number of fused-ring (bicyclic) bond motifs is 1. The first kappa shape index (κ1) is 17.8. The fraction of sp³-hybridized carbons (Fsp3) is 0.263. The van der Waals surface area contributed by atoms with E-state index in [1.54, 1.807) is 36.3 Å². The van der Waals surface area contributed by atoms with Crippen LogP contribution in [0.4, 0.5) is 17.2 Å². The zero-order valence-corrected chi connectivity index (χ0v) is 15.4. The number of piperazine rings is 1. The lowest BCUT2D eigenvalue weighted by Crippen LogP contribution is -2.47. The average molecular weight is 380 g/mol. The number of pyridine rings is 1. The van der Waals surface area contributed by atoms with E-state index >= 15 is 0 Å². The summed E-state index contributed by atoms with van der Waals surface area (Å²) in [6.07, 6.45) is 6.42. The second-order valence-electron chi connectivity index (χ2n) is 6.75. The highest BCUT2D eigenvalue weighted by molar-refractivity contribution is 5.95. The fourth-order valence-corrected chi connectivity index (χ4v) is 3.59. The van der Waals surface area contributed by atoms with Gasteiger partial charge in [0.05, 0.1) is 23.1 Å². The Kier molecular flexibility index (Phi) is 4.34. The van der Waals surface area contributed by atoms with Gasteiger partial charge in [0.25, 0.3) is 0 Å². The average Bonchev–Trinajstić information content (AvgIpc) is 2.71. The predicted octanol–water partition coefficient (Wildman–Crippen LogP) is 0.935. The number of hydrogen-bond acceptors (Lipinski definition) is 7. The third-order valence-corrected chi connectivity index (χ3v) is 5.06. The van der Waals surface area contributed by atoms with Gasteiger partial charge in [-0.15, -0.1) is 0 Å². The van der Waals surface area contributed by atoms with Crippen molar-refractivity contribution >= 4 is 34.1 Å². The van der Waals surface area contributed by atoms with Crippen molar-refractivity contribution in [1.82, 2.24) is 14.5 Å². The molecule has 9 heteroatoms. The minimum atomic E-state index is -1.25. The number of nitrogen functional groups attached to an aromatic ring is 1. The van der Waals surface area contributed by atoms with Crippen LogP contribution >= 0.6 is 0 Å². The van der Waals surface area contributed by atoms with Crippen molar-refractivity contribution in [2.45, 2.75) is 0 Å². The first-order valence-corrected chi connectivity index (χ1v) is 8.88. The molecular formula is C19H20N6O3. The Labute approximate surface area is 160 Å². The molecule has 1 aliphatic rings. The van der Waals surface area contributed by atoms with Crippen LogP contribution in [0.2, 0.25) is 0 Å². The highest BCUT2D eigenvalue weighted by Crippen LogP contribution is 2.29. The van der Waals surface area contributed by atoms with Gasteiger partial charge in [-0.3, -0.25) is 9.78 Å². The topological polar surface area (TPSA) is 118 Å². The fourth-order valence-electron chi connectivity index (χ4n) is 3.59. The molecule has 144 valence electrons. The van der Waals surface area contributed by atoms with E-state index in [0.717, 1.165) is 37.7 Å². The van der Waals surface area contributed by atoms with Crippen molar-refractivity contribution in [2.24, 2.45) is 7.05 Å². The van der Waals surface area contributed by atoms with Gasteiger partial charge in [-0.1, -0.05) is 0 Å². The molecule has 0 unspecified atom stereocenters. The summed E-state index contributed by atoms with van der Waals surface area (Å²) in [5.41, 5.74) is 7.39. The Morgan fingerprint density at radius 1 is 1.14 bits per heavy atom. The highest BCUT2D eigenvalue weighted by Gasteiger charge is 2.22. The molecule has 3 aromatic rings. The quantitative estimate of drug-likeness (QED) is 0.645. The first-order chi connectivity index (χ1) is 13.5. The molecule has 1 aromatic carbocycles. The number of aromatic carboxylic acids is 1. The molecule has 0 amide bonds. The number of carboxylic acids is 1. The molecule has 0 atom stereocenters. The summed E-state index contributed by atoms with van der Waals surface area (Å²) in [7, 11) is 1.72. The first-order valence-electron chi connectivity index (χ1n) is 8.88. The molecule has 0 bridgehead atoms. The van der Waals surface area contributed by atoms with Gasteiger partial charge >= 0.3 is 5.97 Å². The molecule has 1 aliphatic heterocycles. The maximum Gasteiger partial charge on any atom is 0.341 e. The van der Waals surface area contributed by atoms with Crippen LogP contribution in [0.25, 0.3) is 10.9 Å². The Bertz CT molecular complexity index is 1100. The zero-order valence-electron chi connectivity index (χ0n) is 15.4. The smallest absolute Gasteiger partial charge is 0.341 e. The third-order valence-electron chi connectivity index (χ3n) is 5.06. The maximum atomic E-state index is 12.5. The Morgan fingerprint density at radius 3 is 2.50 bits per heavy atom. The normalized spacial score (nSPS) is 14.5. The summed E-state index contributed by atoms with van der Waals surface area (Å²) < 4.78 is 1.65. The van der Waals surface area contributed by atoms with Crippen LogP contribution in [0, 0.1) is 0 Å². The lowest BCUT2D eigenvalue weighted by molar-refractivity contribution is 0.0695. The van der Waals surface area contributed by atoms with Gasteiger partial charge in [-0.25, -0.2) is 9.78 Å². The summed E-state index contributed by atoms with van der Waals surface area (Å²) in [5, 5.41) is 9.54. The number of benzene rings is 1. The highest BCUT2D eigenvalue weighted by atomic mass is 16.4. The van der Waals surface area contributed by atoms with Crippen LogP contribution in [0.1, 0.15) is 10.4 Å². The number of aryl methyl sites for hydroxylation is 1. The number of hydrogen-bond donors (Lipinski definition) is 2. The van der Waals surface area contributed by atoms with Crippen LogP contribution in [0.3, 0.4) is 0 Å². The van der Waals surface area contributed by atoms with Crippen molar-refractivity contribution in [3.63, 3.8) is 0 Å². The SMILES string of the molecule is Cn1cc(C(=O)O)c(=O)c2cc(N)c(N3CCN(c4cnccn4)CC3)cc21. The third kappa shape index (κ3) is 3.00. The number of rotatable bonds is 3. The number of carbonyl (C=O) groups is 1. The van der Waals surface area contributed by atoms with Gasteiger partial charge < -0.3 is 25.2 Å². The Morgan fingerprint density at radius 2 is 1.86 bits per heavy atom. The van der Waals surface area contributed by atoms with Crippen molar-refractivity contribution in [3.05, 3.63) is 52.7 Å². The molecule has 4 rings (SSSR count). The van der Waals surface area contributed by atoms with Crippen LogP contribution < -0.4 is 21.0 Å². The van der Waals surface area contributed by atoms with E-state index in [1.807, 2.05) is 6.07 Å². The van der Waals surface area contributed by atoms with E-state index in [1.165, 1.54) is 6.20 Å². The van der Waals surface area contributed by atoms with Crippen LogP contribution in [-0.4, -0.2) is 51.8 Å². The number of aromatic nitrogens is 3. The lowest BCUT2D eigenvalue weighted by atomic mass is 10.1. The second-order valence-corrected chi connectivity index (χ2v) is 6.75. The van der Waals surface area contributed by atoms with Crippen LogP contribution in [0.15, 0.2) is 41.7 Å². The molecule has 1 saturated heterocycles. The van der Waals surface area contributed by atoms with Crippen molar-refractivity contribution < 1.29 is 9.90 Å². The van der Waals surface area contributed by atoms with Gasteiger partial charge in [0.2, 0.25) is 5.43 Å². The maximum absolute atomic E-state index is 12.5. The minimum Gasteiger partial charge on any atom is -0.477 e. The molecule has 0 spiro atoms. The van der Waals surface area contributed by atoms with Crippen molar-refractivity contribution in [2.75, 3.05) is 41.7 Å². The number of carboxylic acid groups (broad SMARTS) is 1. The molecule has 9 nitrogen and oxygen atoms in total. The standard InChI is InChI=1S/C19H20N6O3/c1-23-11-13(19(27)28)18(26)12-8-14(20)16(9-15(12)23)24-4-6-25(7-5-24)17-10-21-2-3-22-17/h2-3,8-11H,4-7,20H2,1H3,(H,27,28). The molecule has 3 heterocycles.